The van der Waals surface area contributed by atoms with Crippen molar-refractivity contribution in [2.45, 2.75) is 12.6 Å². The number of hydrogen-bond donors (Lipinski definition) is 2. The molecule has 1 fully saturated rings. The molecule has 2 aliphatic heterocycles. The molecule has 0 spiro atoms. The van der Waals surface area contributed by atoms with Crippen molar-refractivity contribution in [1.29, 1.82) is 5.41 Å². The van der Waals surface area contributed by atoms with Gasteiger partial charge in [0.15, 0.2) is 5.66 Å². The summed E-state index contributed by atoms with van der Waals surface area (Å²) in [6, 6.07) is 0. The van der Waals surface area contributed by atoms with Gasteiger partial charge in [-0.05, 0) is 6.92 Å². The van der Waals surface area contributed by atoms with Gasteiger partial charge in [0.1, 0.15) is 0 Å². The zero-order chi connectivity index (χ0) is 12.8. The minimum absolute atomic E-state index is 0.221. The molecular formula is C10H14N4O3. The second-order valence-corrected chi connectivity index (χ2v) is 4.21. The third-order valence-corrected chi connectivity index (χ3v) is 3.43. The number of nitrogens with zero attached hydrogens (tertiary/aromatic N) is 3. The quantitative estimate of drug-likeness (QED) is 0.425. The molecule has 2 heterocycles. The maximum atomic E-state index is 10.8. The zero-order valence-electron chi connectivity index (χ0n) is 9.51. The Balaban J connectivity index is 2.49. The Morgan fingerprint density at radius 3 is 2.88 bits per heavy atom. The molecule has 0 amide bonds. The van der Waals surface area contributed by atoms with Gasteiger partial charge in [-0.2, -0.15) is 0 Å². The summed E-state index contributed by atoms with van der Waals surface area (Å²) in [7, 11) is 0. The van der Waals surface area contributed by atoms with Crippen molar-refractivity contribution in [2.75, 3.05) is 19.6 Å². The smallest absolute Gasteiger partial charge is 0.351 e. The van der Waals surface area contributed by atoms with Crippen molar-refractivity contribution in [3.63, 3.8) is 0 Å². The molecule has 1 unspecified atom stereocenters. The topological polar surface area (TPSA) is 93.7 Å². The Labute approximate surface area is 98.3 Å². The standard InChI is InChI=1S/C10H14N4O3/c1-3-4-12-5-6-13-9(11)7(14(16)17)8(15)10(12,13)2/h3,11,15H,1,4-6H2,2H3. The minimum Gasteiger partial charge on any atom is -0.503 e. The van der Waals surface area contributed by atoms with Gasteiger partial charge >= 0.3 is 5.70 Å². The van der Waals surface area contributed by atoms with Crippen LogP contribution in [0.15, 0.2) is 24.1 Å². The molecule has 92 valence electrons. The summed E-state index contributed by atoms with van der Waals surface area (Å²) in [4.78, 5) is 13.5. The summed E-state index contributed by atoms with van der Waals surface area (Å²) >= 11 is 0. The molecule has 1 saturated heterocycles. The first-order chi connectivity index (χ1) is 7.94. The van der Waals surface area contributed by atoms with Crippen LogP contribution in [-0.4, -0.2) is 51.0 Å². The molecule has 2 aliphatic rings. The van der Waals surface area contributed by atoms with Gasteiger partial charge in [-0.15, -0.1) is 6.58 Å². The van der Waals surface area contributed by atoms with Crippen molar-refractivity contribution in [1.82, 2.24) is 9.80 Å². The lowest BCUT2D eigenvalue weighted by molar-refractivity contribution is -0.418. The third-order valence-electron chi connectivity index (χ3n) is 3.43. The van der Waals surface area contributed by atoms with E-state index < -0.39 is 16.3 Å². The summed E-state index contributed by atoms with van der Waals surface area (Å²) in [5.74, 6) is -0.576. The second kappa shape index (κ2) is 3.56. The molecule has 0 saturated carbocycles. The summed E-state index contributed by atoms with van der Waals surface area (Å²) in [6.07, 6.45) is 1.68. The third kappa shape index (κ3) is 1.29. The van der Waals surface area contributed by atoms with Gasteiger partial charge in [0.25, 0.3) is 0 Å². The molecule has 17 heavy (non-hydrogen) atoms. The highest BCUT2D eigenvalue weighted by atomic mass is 16.6. The predicted octanol–water partition coefficient (Wildman–Crippen LogP) is 0.543. The van der Waals surface area contributed by atoms with Gasteiger partial charge in [0, 0.05) is 19.6 Å². The van der Waals surface area contributed by atoms with Crippen LogP contribution in [0.3, 0.4) is 0 Å². The number of hydrogen-bond acceptors (Lipinski definition) is 5. The average molecular weight is 238 g/mol. The van der Waals surface area contributed by atoms with Gasteiger partial charge < -0.3 is 10.0 Å². The second-order valence-electron chi connectivity index (χ2n) is 4.21. The van der Waals surface area contributed by atoms with Crippen LogP contribution in [0.1, 0.15) is 6.92 Å². The van der Waals surface area contributed by atoms with Crippen LogP contribution in [0.25, 0.3) is 0 Å². The molecule has 7 heteroatoms. The van der Waals surface area contributed by atoms with E-state index in [9.17, 15) is 15.2 Å². The van der Waals surface area contributed by atoms with E-state index in [0.717, 1.165) is 0 Å². The fourth-order valence-electron chi connectivity index (χ4n) is 2.50. The van der Waals surface area contributed by atoms with E-state index in [1.54, 1.807) is 17.9 Å². The van der Waals surface area contributed by atoms with E-state index in [0.29, 0.717) is 19.6 Å². The number of nitrogens with one attached hydrogen (secondary N) is 1. The van der Waals surface area contributed by atoms with Gasteiger partial charge in [-0.25, -0.2) is 0 Å². The Hall–Kier alpha value is -1.89. The van der Waals surface area contributed by atoms with Crippen molar-refractivity contribution in [3.05, 3.63) is 34.2 Å². The number of nitro groups is 1. The van der Waals surface area contributed by atoms with Crippen molar-refractivity contribution < 1.29 is 10.0 Å². The average Bonchev–Trinajstić information content (AvgIpc) is 2.66. The Morgan fingerprint density at radius 1 is 1.71 bits per heavy atom. The zero-order valence-corrected chi connectivity index (χ0v) is 9.51. The van der Waals surface area contributed by atoms with E-state index in [2.05, 4.69) is 6.58 Å². The van der Waals surface area contributed by atoms with Crippen LogP contribution in [0.2, 0.25) is 0 Å². The minimum atomic E-state index is -0.978. The number of aliphatic hydroxyl groups is 1. The SMILES string of the molecule is C=CCN1CCN2C(=N)C([N+](=O)[O-])=C(O)C12C. The van der Waals surface area contributed by atoms with Crippen LogP contribution in [-0.2, 0) is 0 Å². The van der Waals surface area contributed by atoms with Crippen molar-refractivity contribution in [2.24, 2.45) is 0 Å². The summed E-state index contributed by atoms with van der Waals surface area (Å²) in [5, 5.41) is 28.6. The van der Waals surface area contributed by atoms with Gasteiger partial charge in [0.2, 0.25) is 11.6 Å². The van der Waals surface area contributed by atoms with Crippen LogP contribution >= 0.6 is 0 Å². The molecular weight excluding hydrogens is 224 g/mol. The maximum absolute atomic E-state index is 10.8. The van der Waals surface area contributed by atoms with Gasteiger partial charge in [-0.3, -0.25) is 20.4 Å². The fourth-order valence-corrected chi connectivity index (χ4v) is 2.50. The van der Waals surface area contributed by atoms with E-state index >= 15 is 0 Å². The van der Waals surface area contributed by atoms with Crippen LogP contribution in [0.5, 0.6) is 0 Å². The number of fused-ring (bicyclic) bond motifs is 1. The van der Waals surface area contributed by atoms with Crippen LogP contribution in [0.4, 0.5) is 0 Å². The molecule has 1 atom stereocenters. The molecule has 7 nitrogen and oxygen atoms in total. The fraction of sp³-hybridized carbons (Fsp3) is 0.500. The molecule has 0 radical (unpaired) electrons. The molecule has 0 aromatic heterocycles. The number of amidine groups is 1. The molecule has 2 rings (SSSR count). The largest absolute Gasteiger partial charge is 0.503 e. The Morgan fingerprint density at radius 2 is 2.35 bits per heavy atom. The summed E-state index contributed by atoms with van der Waals surface area (Å²) < 4.78 is 0. The van der Waals surface area contributed by atoms with Crippen molar-refractivity contribution in [3.8, 4) is 0 Å². The lowest BCUT2D eigenvalue weighted by Gasteiger charge is -2.34. The van der Waals surface area contributed by atoms with E-state index in [1.807, 2.05) is 4.90 Å². The molecule has 0 bridgehead atoms. The molecule has 0 aromatic rings. The molecule has 0 aromatic carbocycles. The van der Waals surface area contributed by atoms with Crippen LogP contribution < -0.4 is 0 Å². The van der Waals surface area contributed by atoms with E-state index in [4.69, 9.17) is 5.41 Å². The Bertz CT molecular complexity index is 445. The highest BCUT2D eigenvalue weighted by Crippen LogP contribution is 2.40. The number of aliphatic hydroxyl groups excluding tert-OH is 1. The van der Waals surface area contributed by atoms with E-state index in [-0.39, 0.29) is 11.6 Å². The van der Waals surface area contributed by atoms with Crippen molar-refractivity contribution >= 4 is 5.84 Å². The summed E-state index contributed by atoms with van der Waals surface area (Å²) in [5.41, 5.74) is -1.48. The summed E-state index contributed by atoms with van der Waals surface area (Å²) in [6.45, 7) is 6.95. The van der Waals surface area contributed by atoms with Gasteiger partial charge in [-0.1, -0.05) is 6.08 Å². The number of rotatable bonds is 3. The first-order valence-electron chi connectivity index (χ1n) is 5.25. The van der Waals surface area contributed by atoms with Gasteiger partial charge in [0.05, 0.1) is 4.92 Å². The lowest BCUT2D eigenvalue weighted by Crippen LogP contribution is -2.50. The normalized spacial score (nSPS) is 28.8. The lowest BCUT2D eigenvalue weighted by atomic mass is 10.1. The van der Waals surface area contributed by atoms with E-state index in [1.165, 1.54) is 0 Å². The predicted molar refractivity (Wildman–Crippen MR) is 61.3 cm³/mol. The maximum Gasteiger partial charge on any atom is 0.351 e. The monoisotopic (exact) mass is 238 g/mol. The van der Waals surface area contributed by atoms with Crippen LogP contribution in [0, 0.1) is 15.5 Å². The highest BCUT2D eigenvalue weighted by Gasteiger charge is 2.58. The molecule has 0 aliphatic carbocycles. The molecule has 2 N–H and O–H groups in total. The first kappa shape index (κ1) is 11.6. The highest BCUT2D eigenvalue weighted by molar-refractivity contribution is 5.98. The first-order valence-corrected chi connectivity index (χ1v) is 5.25. The Kier molecular flexibility index (Phi) is 2.43.